The summed E-state index contributed by atoms with van der Waals surface area (Å²) in [4.78, 5) is 9.44. The number of rotatable bonds is 7. The summed E-state index contributed by atoms with van der Waals surface area (Å²) in [5, 5.41) is 2.82. The Morgan fingerprint density at radius 2 is 2.00 bits per heavy atom. The molecule has 0 saturated carbocycles. The summed E-state index contributed by atoms with van der Waals surface area (Å²) >= 11 is 0. The van der Waals surface area contributed by atoms with Crippen LogP contribution in [0.15, 0.2) is 12.3 Å². The van der Waals surface area contributed by atoms with Crippen LogP contribution >= 0.6 is 0 Å². The second-order valence-electron chi connectivity index (χ2n) is 4.12. The summed E-state index contributed by atoms with van der Waals surface area (Å²) < 4.78 is 37.3. The van der Waals surface area contributed by atoms with E-state index in [1.165, 1.54) is 0 Å². The quantitative estimate of drug-likeness (QED) is 0.831. The Balaban J connectivity index is 2.49. The van der Waals surface area contributed by atoms with E-state index in [1.54, 1.807) is 0 Å². The first-order valence-corrected chi connectivity index (χ1v) is 6.33. The predicted molar refractivity (Wildman–Crippen MR) is 67.9 cm³/mol. The number of hydrogen-bond donors (Lipinski definition) is 1. The second-order valence-corrected chi connectivity index (χ2v) is 4.12. The first-order valence-electron chi connectivity index (χ1n) is 6.33. The average Bonchev–Trinajstić information content (AvgIpc) is 2.37. The molecule has 0 aliphatic carbocycles. The zero-order valence-electron chi connectivity index (χ0n) is 11.2. The average molecular weight is 276 g/mol. The third-order valence-corrected chi connectivity index (χ3v) is 2.64. The minimum atomic E-state index is -4.43. The van der Waals surface area contributed by atoms with E-state index >= 15 is 0 Å². The lowest BCUT2D eigenvalue weighted by Crippen LogP contribution is -2.30. The van der Waals surface area contributed by atoms with E-state index in [9.17, 15) is 13.2 Å². The largest absolute Gasteiger partial charge is 0.433 e. The zero-order chi connectivity index (χ0) is 14.3. The van der Waals surface area contributed by atoms with E-state index < -0.39 is 11.9 Å². The predicted octanol–water partition coefficient (Wildman–Crippen LogP) is 2.64. The minimum Gasteiger partial charge on any atom is -0.353 e. The standard InChI is InChI=1S/C12H19F3N4/c1-3-8-19(4-2)9-7-17-11-16-6-5-10(18-11)12(13,14)15/h5-6H,3-4,7-9H2,1-2H3,(H,16,17,18). The molecule has 19 heavy (non-hydrogen) atoms. The number of alkyl halides is 3. The fourth-order valence-corrected chi connectivity index (χ4v) is 1.67. The fraction of sp³-hybridized carbons (Fsp3) is 0.667. The van der Waals surface area contributed by atoms with Crippen molar-refractivity contribution >= 4 is 5.95 Å². The lowest BCUT2D eigenvalue weighted by Gasteiger charge is -2.19. The van der Waals surface area contributed by atoms with Crippen LogP contribution in [0.4, 0.5) is 19.1 Å². The molecule has 0 fully saturated rings. The van der Waals surface area contributed by atoms with Crippen molar-refractivity contribution < 1.29 is 13.2 Å². The molecular formula is C12H19F3N4. The van der Waals surface area contributed by atoms with Crippen molar-refractivity contribution in [3.05, 3.63) is 18.0 Å². The summed E-state index contributed by atoms with van der Waals surface area (Å²) in [6.45, 7) is 7.31. The Hall–Kier alpha value is -1.37. The van der Waals surface area contributed by atoms with Gasteiger partial charge in [0, 0.05) is 19.3 Å². The molecule has 0 aliphatic rings. The molecule has 1 heterocycles. The van der Waals surface area contributed by atoms with E-state index in [4.69, 9.17) is 0 Å². The second kappa shape index (κ2) is 7.28. The fourth-order valence-electron chi connectivity index (χ4n) is 1.67. The van der Waals surface area contributed by atoms with Gasteiger partial charge in [0.25, 0.3) is 0 Å². The summed E-state index contributed by atoms with van der Waals surface area (Å²) in [5.74, 6) is 0.0161. The highest BCUT2D eigenvalue weighted by molar-refractivity contribution is 5.25. The maximum Gasteiger partial charge on any atom is 0.433 e. The van der Waals surface area contributed by atoms with Crippen molar-refractivity contribution in [2.45, 2.75) is 26.4 Å². The number of likely N-dealkylation sites (N-methyl/N-ethyl adjacent to an activating group) is 1. The van der Waals surface area contributed by atoms with Crippen molar-refractivity contribution in [1.82, 2.24) is 14.9 Å². The molecule has 0 saturated heterocycles. The van der Waals surface area contributed by atoms with Crippen LogP contribution in [0.25, 0.3) is 0 Å². The number of aromatic nitrogens is 2. The maximum absolute atomic E-state index is 12.4. The van der Waals surface area contributed by atoms with Gasteiger partial charge in [0.2, 0.25) is 5.95 Å². The van der Waals surface area contributed by atoms with Gasteiger partial charge in [-0.15, -0.1) is 0 Å². The molecule has 0 radical (unpaired) electrons. The molecule has 1 N–H and O–H groups in total. The van der Waals surface area contributed by atoms with Crippen molar-refractivity contribution in [2.24, 2.45) is 0 Å². The van der Waals surface area contributed by atoms with Crippen LogP contribution in [0.3, 0.4) is 0 Å². The Morgan fingerprint density at radius 3 is 2.58 bits per heavy atom. The Bertz CT molecular complexity index is 381. The van der Waals surface area contributed by atoms with Crippen LogP contribution in [-0.2, 0) is 6.18 Å². The van der Waals surface area contributed by atoms with Gasteiger partial charge in [-0.2, -0.15) is 13.2 Å². The lowest BCUT2D eigenvalue weighted by atomic mass is 10.4. The van der Waals surface area contributed by atoms with Crippen LogP contribution in [0, 0.1) is 0 Å². The summed E-state index contributed by atoms with van der Waals surface area (Å²) in [6.07, 6.45) is -2.27. The highest BCUT2D eigenvalue weighted by Gasteiger charge is 2.32. The van der Waals surface area contributed by atoms with Crippen molar-refractivity contribution in [3.63, 3.8) is 0 Å². The van der Waals surface area contributed by atoms with E-state index in [-0.39, 0.29) is 5.95 Å². The highest BCUT2D eigenvalue weighted by Crippen LogP contribution is 2.27. The van der Waals surface area contributed by atoms with Crippen LogP contribution in [0.2, 0.25) is 0 Å². The van der Waals surface area contributed by atoms with E-state index in [0.717, 1.165) is 38.3 Å². The van der Waals surface area contributed by atoms with Gasteiger partial charge in [0.05, 0.1) is 0 Å². The smallest absolute Gasteiger partial charge is 0.353 e. The van der Waals surface area contributed by atoms with Gasteiger partial charge >= 0.3 is 6.18 Å². The van der Waals surface area contributed by atoms with Crippen LogP contribution in [0.5, 0.6) is 0 Å². The van der Waals surface area contributed by atoms with Gasteiger partial charge in [-0.25, -0.2) is 9.97 Å². The Labute approximate surface area is 111 Å². The number of nitrogens with one attached hydrogen (secondary N) is 1. The van der Waals surface area contributed by atoms with Gasteiger partial charge in [-0.3, -0.25) is 0 Å². The monoisotopic (exact) mass is 276 g/mol. The number of anilines is 1. The topological polar surface area (TPSA) is 41.0 Å². The molecule has 0 aliphatic heterocycles. The third kappa shape index (κ3) is 5.42. The summed E-state index contributed by atoms with van der Waals surface area (Å²) in [5.41, 5.74) is -0.925. The molecule has 0 bridgehead atoms. The highest BCUT2D eigenvalue weighted by atomic mass is 19.4. The van der Waals surface area contributed by atoms with Crippen LogP contribution < -0.4 is 5.32 Å². The van der Waals surface area contributed by atoms with Crippen LogP contribution in [0.1, 0.15) is 26.0 Å². The zero-order valence-corrected chi connectivity index (χ0v) is 11.2. The number of hydrogen-bond acceptors (Lipinski definition) is 4. The van der Waals surface area contributed by atoms with Gasteiger partial charge in [0.15, 0.2) is 0 Å². The molecule has 108 valence electrons. The van der Waals surface area contributed by atoms with Gasteiger partial charge < -0.3 is 10.2 Å². The van der Waals surface area contributed by atoms with E-state index in [0.29, 0.717) is 6.54 Å². The van der Waals surface area contributed by atoms with Gasteiger partial charge in [0.1, 0.15) is 5.69 Å². The molecule has 1 aromatic heterocycles. The first-order chi connectivity index (χ1) is 8.97. The third-order valence-electron chi connectivity index (χ3n) is 2.64. The van der Waals surface area contributed by atoms with Gasteiger partial charge in [-0.1, -0.05) is 13.8 Å². The SMILES string of the molecule is CCCN(CC)CCNc1nccc(C(F)(F)F)n1. The van der Waals surface area contributed by atoms with E-state index in [2.05, 4.69) is 34.0 Å². The molecule has 0 aromatic carbocycles. The molecule has 0 atom stereocenters. The summed E-state index contributed by atoms with van der Waals surface area (Å²) in [7, 11) is 0. The maximum atomic E-state index is 12.4. The number of nitrogens with zero attached hydrogens (tertiary/aromatic N) is 3. The summed E-state index contributed by atoms with van der Waals surface area (Å²) in [6, 6.07) is 0.862. The van der Waals surface area contributed by atoms with Crippen LogP contribution in [-0.4, -0.2) is 41.0 Å². The minimum absolute atomic E-state index is 0.0161. The molecule has 0 spiro atoms. The first kappa shape index (κ1) is 15.7. The van der Waals surface area contributed by atoms with E-state index in [1.807, 2.05) is 0 Å². The Morgan fingerprint density at radius 1 is 1.26 bits per heavy atom. The van der Waals surface area contributed by atoms with Crippen molar-refractivity contribution in [1.29, 1.82) is 0 Å². The Kier molecular flexibility index (Phi) is 6.01. The molecule has 7 heteroatoms. The molecule has 4 nitrogen and oxygen atoms in total. The van der Waals surface area contributed by atoms with Gasteiger partial charge in [-0.05, 0) is 25.6 Å². The molecular weight excluding hydrogens is 257 g/mol. The lowest BCUT2D eigenvalue weighted by molar-refractivity contribution is -0.141. The number of halogens is 3. The molecule has 0 unspecified atom stereocenters. The normalized spacial score (nSPS) is 11.9. The molecule has 1 aromatic rings. The molecule has 1 rings (SSSR count). The molecule has 0 amide bonds. The van der Waals surface area contributed by atoms with Crippen molar-refractivity contribution in [3.8, 4) is 0 Å². The van der Waals surface area contributed by atoms with Crippen molar-refractivity contribution in [2.75, 3.05) is 31.5 Å².